The lowest BCUT2D eigenvalue weighted by Crippen LogP contribution is -2.48. The molecule has 25 heavy (non-hydrogen) atoms. The molecule has 142 valence electrons. The van der Waals surface area contributed by atoms with Gasteiger partial charge in [-0.3, -0.25) is 4.79 Å². The van der Waals surface area contributed by atoms with Crippen molar-refractivity contribution in [3.8, 4) is 0 Å². The first kappa shape index (κ1) is 19.7. The highest BCUT2D eigenvalue weighted by molar-refractivity contribution is 5.77. The highest BCUT2D eigenvalue weighted by Crippen LogP contribution is 2.40. The van der Waals surface area contributed by atoms with Gasteiger partial charge in [0.05, 0.1) is 6.42 Å². The molecule has 1 aromatic rings. The fourth-order valence-corrected chi connectivity index (χ4v) is 3.21. The van der Waals surface area contributed by atoms with Crippen molar-refractivity contribution in [2.45, 2.75) is 38.0 Å². The average Bonchev–Trinajstić information content (AvgIpc) is 2.92. The second kappa shape index (κ2) is 7.74. The molecule has 0 spiro atoms. The van der Waals surface area contributed by atoms with Crippen molar-refractivity contribution in [1.29, 1.82) is 0 Å². The third kappa shape index (κ3) is 4.72. The molecule has 0 bridgehead atoms. The molecule has 1 aliphatic rings. The maximum absolute atomic E-state index is 13.4. The third-order valence-electron chi connectivity index (χ3n) is 4.57. The average molecular weight is 362 g/mol. The monoisotopic (exact) mass is 362 g/mol. The number of alkyl halides is 3. The van der Waals surface area contributed by atoms with Gasteiger partial charge in [-0.15, -0.1) is 0 Å². The quantitative estimate of drug-likeness (QED) is 0.803. The smallest absolute Gasteiger partial charge is 0.374 e. The lowest BCUT2D eigenvalue weighted by atomic mass is 9.97. The van der Waals surface area contributed by atoms with Gasteiger partial charge in [0.1, 0.15) is 0 Å². The van der Waals surface area contributed by atoms with E-state index in [4.69, 9.17) is 0 Å². The van der Waals surface area contributed by atoms with Crippen LogP contribution in [0.3, 0.4) is 0 Å². The summed E-state index contributed by atoms with van der Waals surface area (Å²) in [5, 5.41) is 12.6. The number of nitrogens with zero attached hydrogens (tertiary/aromatic N) is 3. The van der Waals surface area contributed by atoms with Gasteiger partial charge in [0.15, 0.2) is 5.82 Å². The first-order chi connectivity index (χ1) is 11.6. The van der Waals surface area contributed by atoms with E-state index in [1.807, 2.05) is 0 Å². The molecule has 2 unspecified atom stereocenters. The van der Waals surface area contributed by atoms with Crippen LogP contribution in [-0.4, -0.2) is 57.8 Å². The first-order valence-corrected chi connectivity index (χ1v) is 8.39. The van der Waals surface area contributed by atoms with Crippen molar-refractivity contribution >= 4 is 5.91 Å². The van der Waals surface area contributed by atoms with Gasteiger partial charge >= 0.3 is 6.18 Å². The molecule has 1 aliphatic heterocycles. The molecule has 1 fully saturated rings. The maximum Gasteiger partial charge on any atom is 0.425 e. The van der Waals surface area contributed by atoms with Crippen LogP contribution in [-0.2, 0) is 17.4 Å². The molecule has 0 radical (unpaired) electrons. The number of rotatable bonds is 6. The number of carbonyl (C=O) groups is 1. The van der Waals surface area contributed by atoms with Gasteiger partial charge in [0, 0.05) is 39.1 Å². The van der Waals surface area contributed by atoms with E-state index >= 15 is 0 Å². The Morgan fingerprint density at radius 1 is 1.48 bits per heavy atom. The van der Waals surface area contributed by atoms with Gasteiger partial charge in [-0.05, 0) is 25.3 Å². The Morgan fingerprint density at radius 3 is 2.76 bits per heavy atom. The molecule has 1 aromatic heterocycles. The number of aromatic nitrogens is 2. The molecule has 1 amide bonds. The molecule has 2 N–H and O–H groups in total. The SMILES string of the molecule is CC1CCCN(CCNC(=O)CC(O)(c2nccn2C)C(F)(F)F)C1. The molecule has 2 atom stereocenters. The zero-order chi connectivity index (χ0) is 18.7. The summed E-state index contributed by atoms with van der Waals surface area (Å²) in [5.74, 6) is -0.865. The van der Waals surface area contributed by atoms with Crippen LogP contribution in [0.25, 0.3) is 0 Å². The minimum absolute atomic E-state index is 0.250. The van der Waals surface area contributed by atoms with Crippen LogP contribution >= 0.6 is 0 Å². The van der Waals surface area contributed by atoms with Crippen LogP contribution in [0.1, 0.15) is 32.0 Å². The van der Waals surface area contributed by atoms with Crippen molar-refractivity contribution < 1.29 is 23.1 Å². The van der Waals surface area contributed by atoms with E-state index in [1.165, 1.54) is 19.7 Å². The summed E-state index contributed by atoms with van der Waals surface area (Å²) < 4.78 is 41.2. The number of imidazole rings is 1. The van der Waals surface area contributed by atoms with E-state index < -0.39 is 29.9 Å². The molecule has 1 saturated heterocycles. The number of hydrogen-bond donors (Lipinski definition) is 2. The third-order valence-corrected chi connectivity index (χ3v) is 4.57. The standard InChI is InChI=1S/C16H25F3N4O2/c1-12-4-3-7-23(11-12)9-6-20-13(24)10-15(25,16(17,18)19)14-21-5-8-22(14)2/h5,8,12,25H,3-4,6-7,9-11H2,1-2H3,(H,20,24). The summed E-state index contributed by atoms with van der Waals surface area (Å²) in [4.78, 5) is 17.7. The van der Waals surface area contributed by atoms with Crippen LogP contribution in [0, 0.1) is 5.92 Å². The van der Waals surface area contributed by atoms with Crippen molar-refractivity contribution in [2.75, 3.05) is 26.2 Å². The first-order valence-electron chi connectivity index (χ1n) is 8.39. The molecule has 6 nitrogen and oxygen atoms in total. The van der Waals surface area contributed by atoms with Crippen LogP contribution < -0.4 is 5.32 Å². The minimum Gasteiger partial charge on any atom is -0.374 e. The topological polar surface area (TPSA) is 70.4 Å². The minimum atomic E-state index is -5.01. The predicted molar refractivity (Wildman–Crippen MR) is 85.6 cm³/mol. The van der Waals surface area contributed by atoms with E-state index in [1.54, 1.807) is 0 Å². The summed E-state index contributed by atoms with van der Waals surface area (Å²) in [6.07, 6.45) is -1.42. The number of amides is 1. The van der Waals surface area contributed by atoms with Crippen LogP contribution in [0.2, 0.25) is 0 Å². The molecule has 2 rings (SSSR count). The second-order valence-corrected chi connectivity index (χ2v) is 6.79. The number of aryl methyl sites for hydroxylation is 1. The van der Waals surface area contributed by atoms with Crippen LogP contribution in [0.4, 0.5) is 13.2 Å². The normalized spacial score (nSPS) is 21.8. The Kier molecular flexibility index (Phi) is 6.10. The number of likely N-dealkylation sites (tertiary alicyclic amines) is 1. The van der Waals surface area contributed by atoms with E-state index in [-0.39, 0.29) is 6.54 Å². The Bertz CT molecular complexity index is 590. The van der Waals surface area contributed by atoms with Crippen molar-refractivity contribution in [3.63, 3.8) is 0 Å². The molecular formula is C16H25F3N4O2. The fourth-order valence-electron chi connectivity index (χ4n) is 3.21. The van der Waals surface area contributed by atoms with Gasteiger partial charge in [0.25, 0.3) is 0 Å². The van der Waals surface area contributed by atoms with E-state index in [0.29, 0.717) is 12.5 Å². The zero-order valence-electron chi connectivity index (χ0n) is 14.5. The number of carbonyl (C=O) groups excluding carboxylic acids is 1. The highest BCUT2D eigenvalue weighted by Gasteiger charge is 2.58. The molecule has 0 saturated carbocycles. The number of nitrogens with one attached hydrogen (secondary N) is 1. The van der Waals surface area contributed by atoms with Crippen LogP contribution in [0.5, 0.6) is 0 Å². The van der Waals surface area contributed by atoms with E-state index in [9.17, 15) is 23.1 Å². The van der Waals surface area contributed by atoms with E-state index in [2.05, 4.69) is 22.1 Å². The van der Waals surface area contributed by atoms with Gasteiger partial charge in [0.2, 0.25) is 11.5 Å². The number of hydrogen-bond acceptors (Lipinski definition) is 4. The molecule has 0 aromatic carbocycles. The Morgan fingerprint density at radius 2 is 2.20 bits per heavy atom. The Hall–Kier alpha value is -1.61. The predicted octanol–water partition coefficient (Wildman–Crippen LogP) is 1.41. The summed E-state index contributed by atoms with van der Waals surface area (Å²) in [6.45, 7) is 4.85. The lowest BCUT2D eigenvalue weighted by Gasteiger charge is -2.31. The number of halogens is 3. The van der Waals surface area contributed by atoms with Gasteiger partial charge in [-0.1, -0.05) is 6.92 Å². The fraction of sp³-hybridized carbons (Fsp3) is 0.750. The van der Waals surface area contributed by atoms with E-state index in [0.717, 1.165) is 30.3 Å². The van der Waals surface area contributed by atoms with Crippen molar-refractivity contribution in [1.82, 2.24) is 19.8 Å². The summed E-state index contributed by atoms with van der Waals surface area (Å²) in [7, 11) is 1.34. The largest absolute Gasteiger partial charge is 0.425 e. The number of piperidine rings is 1. The van der Waals surface area contributed by atoms with Crippen LogP contribution in [0.15, 0.2) is 12.4 Å². The maximum atomic E-state index is 13.4. The van der Waals surface area contributed by atoms with Gasteiger partial charge < -0.3 is 19.9 Å². The molecule has 9 heteroatoms. The van der Waals surface area contributed by atoms with Gasteiger partial charge in [-0.2, -0.15) is 13.2 Å². The van der Waals surface area contributed by atoms with Crippen molar-refractivity contribution in [3.05, 3.63) is 18.2 Å². The Labute approximate surface area is 145 Å². The molecular weight excluding hydrogens is 337 g/mol. The summed E-state index contributed by atoms with van der Waals surface area (Å²) >= 11 is 0. The van der Waals surface area contributed by atoms with Crippen molar-refractivity contribution in [2.24, 2.45) is 13.0 Å². The van der Waals surface area contributed by atoms with Gasteiger partial charge in [-0.25, -0.2) is 4.98 Å². The summed E-state index contributed by atoms with van der Waals surface area (Å²) in [5.41, 5.74) is -3.31. The second-order valence-electron chi connectivity index (χ2n) is 6.79. The summed E-state index contributed by atoms with van der Waals surface area (Å²) in [6, 6.07) is 0. The zero-order valence-corrected chi connectivity index (χ0v) is 14.5. The molecule has 0 aliphatic carbocycles. The highest BCUT2D eigenvalue weighted by atomic mass is 19.4. The Balaban J connectivity index is 1.93. The lowest BCUT2D eigenvalue weighted by molar-refractivity contribution is -0.271. The molecule has 2 heterocycles. The number of aliphatic hydroxyl groups is 1.